The Morgan fingerprint density at radius 1 is 1.11 bits per heavy atom. The molecule has 0 spiro atoms. The van der Waals surface area contributed by atoms with Crippen LogP contribution < -0.4 is 0 Å². The maximum absolute atomic E-state index is 13.2. The maximum atomic E-state index is 13.2. The zero-order chi connectivity index (χ0) is 19.3. The zero-order valence-electron chi connectivity index (χ0n) is 14.1. The van der Waals surface area contributed by atoms with Crippen LogP contribution in [0.15, 0.2) is 30.3 Å². The molecule has 1 N–H and O–H groups in total. The van der Waals surface area contributed by atoms with Crippen LogP contribution in [0.1, 0.15) is 20.8 Å². The molecule has 0 unspecified atom stereocenters. The molecule has 1 aliphatic heterocycles. The minimum absolute atomic E-state index is 0.365. The number of fused-ring (bicyclic) bond motifs is 3. The standard InChI is InChI=1S/C19H16F3NO3S/c20-19(21,22)14-9-23(8-13(14)18(25)26)17(24)15-7-11-6-5-10-3-1-2-4-12(10)16(11)27-15/h1-4,7,13-14H,5-6,8-9H2,(H,25,26)/t13-,14-/m1/s1. The molecule has 4 rings (SSSR count). The Kier molecular flexibility index (Phi) is 4.25. The largest absolute Gasteiger partial charge is 0.481 e. The fourth-order valence-electron chi connectivity index (χ4n) is 3.88. The van der Waals surface area contributed by atoms with E-state index in [0.29, 0.717) is 4.88 Å². The van der Waals surface area contributed by atoms with Crippen molar-refractivity contribution in [3.63, 3.8) is 0 Å². The van der Waals surface area contributed by atoms with Crippen molar-refractivity contribution in [3.8, 4) is 10.4 Å². The molecule has 0 bridgehead atoms. The Hall–Kier alpha value is -2.35. The number of carbonyl (C=O) groups excluding carboxylic acids is 1. The topological polar surface area (TPSA) is 57.6 Å². The van der Waals surface area contributed by atoms with Gasteiger partial charge in [0.1, 0.15) is 0 Å². The van der Waals surface area contributed by atoms with Gasteiger partial charge in [0.05, 0.1) is 16.7 Å². The summed E-state index contributed by atoms with van der Waals surface area (Å²) in [5.41, 5.74) is 3.26. The zero-order valence-corrected chi connectivity index (χ0v) is 14.9. The van der Waals surface area contributed by atoms with Gasteiger partial charge in [-0.1, -0.05) is 24.3 Å². The number of thiophene rings is 1. The van der Waals surface area contributed by atoms with Crippen molar-refractivity contribution in [2.75, 3.05) is 13.1 Å². The molecule has 27 heavy (non-hydrogen) atoms. The molecule has 2 heterocycles. The first kappa shape index (κ1) is 18.0. The molecule has 1 amide bonds. The Balaban J connectivity index is 1.62. The van der Waals surface area contributed by atoms with Gasteiger partial charge in [0, 0.05) is 18.0 Å². The van der Waals surface area contributed by atoms with E-state index < -0.39 is 43.0 Å². The minimum Gasteiger partial charge on any atom is -0.481 e. The van der Waals surface area contributed by atoms with E-state index in [4.69, 9.17) is 5.11 Å². The van der Waals surface area contributed by atoms with Crippen molar-refractivity contribution in [1.82, 2.24) is 4.90 Å². The van der Waals surface area contributed by atoms with Crippen LogP contribution in [0.25, 0.3) is 10.4 Å². The average Bonchev–Trinajstić information content (AvgIpc) is 3.25. The highest BCUT2D eigenvalue weighted by Crippen LogP contribution is 2.42. The van der Waals surface area contributed by atoms with Crippen LogP contribution in [0.5, 0.6) is 0 Å². The first-order valence-corrected chi connectivity index (χ1v) is 9.37. The van der Waals surface area contributed by atoms with Crippen molar-refractivity contribution < 1.29 is 27.9 Å². The third kappa shape index (κ3) is 3.12. The molecule has 0 radical (unpaired) electrons. The van der Waals surface area contributed by atoms with E-state index in [1.165, 1.54) is 16.9 Å². The number of likely N-dealkylation sites (tertiary alicyclic amines) is 1. The smallest absolute Gasteiger partial charge is 0.394 e. The second kappa shape index (κ2) is 6.37. The summed E-state index contributed by atoms with van der Waals surface area (Å²) in [7, 11) is 0. The molecule has 2 aliphatic rings. The summed E-state index contributed by atoms with van der Waals surface area (Å²) in [6.45, 7) is -1.03. The first-order chi connectivity index (χ1) is 12.8. The molecule has 2 aromatic rings. The first-order valence-electron chi connectivity index (χ1n) is 8.55. The fraction of sp³-hybridized carbons (Fsp3) is 0.368. The number of amides is 1. The van der Waals surface area contributed by atoms with E-state index in [9.17, 15) is 22.8 Å². The van der Waals surface area contributed by atoms with Crippen LogP contribution in [-0.4, -0.2) is 41.1 Å². The third-order valence-corrected chi connectivity index (χ3v) is 6.49. The number of aryl methyl sites for hydroxylation is 2. The van der Waals surface area contributed by atoms with Crippen molar-refractivity contribution >= 4 is 23.2 Å². The highest BCUT2D eigenvalue weighted by molar-refractivity contribution is 7.17. The summed E-state index contributed by atoms with van der Waals surface area (Å²) < 4.78 is 39.5. The molecule has 142 valence electrons. The van der Waals surface area contributed by atoms with E-state index in [2.05, 4.69) is 0 Å². The van der Waals surface area contributed by atoms with Gasteiger partial charge in [-0.05, 0) is 35.6 Å². The van der Waals surface area contributed by atoms with Crippen molar-refractivity contribution in [2.24, 2.45) is 11.8 Å². The van der Waals surface area contributed by atoms with Crippen LogP contribution in [0.2, 0.25) is 0 Å². The number of benzene rings is 1. The van der Waals surface area contributed by atoms with Crippen LogP contribution in [-0.2, 0) is 17.6 Å². The van der Waals surface area contributed by atoms with E-state index in [1.54, 1.807) is 6.07 Å². The molecule has 1 saturated heterocycles. The molecular weight excluding hydrogens is 379 g/mol. The lowest BCUT2D eigenvalue weighted by Crippen LogP contribution is -2.34. The Bertz CT molecular complexity index is 921. The summed E-state index contributed by atoms with van der Waals surface area (Å²) in [6, 6.07) is 9.63. The Morgan fingerprint density at radius 2 is 1.81 bits per heavy atom. The average molecular weight is 395 g/mol. The van der Waals surface area contributed by atoms with Gasteiger partial charge >= 0.3 is 12.1 Å². The number of carboxylic acid groups (broad SMARTS) is 1. The van der Waals surface area contributed by atoms with Gasteiger partial charge in [-0.25, -0.2) is 0 Å². The van der Waals surface area contributed by atoms with Crippen LogP contribution in [0, 0.1) is 11.8 Å². The van der Waals surface area contributed by atoms with Gasteiger partial charge in [-0.15, -0.1) is 11.3 Å². The summed E-state index contributed by atoms with van der Waals surface area (Å²) >= 11 is 1.27. The fourth-order valence-corrected chi connectivity index (χ4v) is 5.12. The van der Waals surface area contributed by atoms with Crippen molar-refractivity contribution in [2.45, 2.75) is 19.0 Å². The van der Waals surface area contributed by atoms with E-state index in [-0.39, 0.29) is 0 Å². The normalized spacial score (nSPS) is 21.7. The Labute approximate surface area is 157 Å². The van der Waals surface area contributed by atoms with Gasteiger partial charge in [-0.3, -0.25) is 9.59 Å². The maximum Gasteiger partial charge on any atom is 0.394 e. The quantitative estimate of drug-likeness (QED) is 0.840. The number of nitrogens with zero attached hydrogens (tertiary/aromatic N) is 1. The molecule has 0 saturated carbocycles. The monoisotopic (exact) mass is 395 g/mol. The summed E-state index contributed by atoms with van der Waals surface area (Å²) in [5, 5.41) is 9.12. The van der Waals surface area contributed by atoms with Gasteiger partial charge in [-0.2, -0.15) is 13.2 Å². The Morgan fingerprint density at radius 3 is 2.48 bits per heavy atom. The molecule has 1 fully saturated rings. The van der Waals surface area contributed by atoms with Crippen LogP contribution in [0.3, 0.4) is 0 Å². The van der Waals surface area contributed by atoms with Crippen LogP contribution in [0.4, 0.5) is 13.2 Å². The molecular formula is C19H16F3NO3S. The predicted molar refractivity (Wildman–Crippen MR) is 93.7 cm³/mol. The van der Waals surface area contributed by atoms with Gasteiger partial charge in [0.25, 0.3) is 5.91 Å². The molecule has 1 aromatic carbocycles. The summed E-state index contributed by atoms with van der Waals surface area (Å²) in [4.78, 5) is 26.4. The number of rotatable bonds is 2. The second-order valence-corrected chi connectivity index (χ2v) is 7.98. The number of carbonyl (C=O) groups is 2. The van der Waals surface area contributed by atoms with Crippen molar-refractivity contribution in [3.05, 3.63) is 46.3 Å². The summed E-state index contributed by atoms with van der Waals surface area (Å²) in [6.07, 6.45) is -3.01. The van der Waals surface area contributed by atoms with Crippen LogP contribution >= 0.6 is 11.3 Å². The third-order valence-electron chi connectivity index (χ3n) is 5.29. The lowest BCUT2D eigenvalue weighted by atomic mass is 9.91. The van der Waals surface area contributed by atoms with Gasteiger partial charge < -0.3 is 10.0 Å². The lowest BCUT2D eigenvalue weighted by Gasteiger charge is -2.18. The van der Waals surface area contributed by atoms with E-state index in [1.807, 2.05) is 24.3 Å². The molecule has 1 aromatic heterocycles. The number of aliphatic carboxylic acids is 1. The highest BCUT2D eigenvalue weighted by Gasteiger charge is 2.53. The van der Waals surface area contributed by atoms with Gasteiger partial charge in [0.2, 0.25) is 0 Å². The van der Waals surface area contributed by atoms with E-state index >= 15 is 0 Å². The summed E-state index contributed by atoms with van der Waals surface area (Å²) in [5.74, 6) is -5.70. The van der Waals surface area contributed by atoms with E-state index in [0.717, 1.165) is 33.7 Å². The molecule has 4 nitrogen and oxygen atoms in total. The number of alkyl halides is 3. The highest BCUT2D eigenvalue weighted by atomic mass is 32.1. The van der Waals surface area contributed by atoms with Gasteiger partial charge in [0.15, 0.2) is 0 Å². The predicted octanol–water partition coefficient (Wildman–Crippen LogP) is 3.85. The van der Waals surface area contributed by atoms with Crippen molar-refractivity contribution in [1.29, 1.82) is 0 Å². The molecule has 1 aliphatic carbocycles. The number of carboxylic acids is 1. The number of hydrogen-bond donors (Lipinski definition) is 1. The SMILES string of the molecule is O=C(O)[C@@H]1CN(C(=O)c2cc3c(s2)-c2ccccc2CC3)C[C@H]1C(F)(F)F. The number of hydrogen-bond acceptors (Lipinski definition) is 3. The number of halogens is 3. The lowest BCUT2D eigenvalue weighted by molar-refractivity contribution is -0.187. The second-order valence-electron chi connectivity index (χ2n) is 6.93. The molecule has 2 atom stereocenters. The molecule has 8 heteroatoms. The minimum atomic E-state index is -4.65.